The highest BCUT2D eigenvalue weighted by atomic mass is 15.4. The SMILES string of the molecule is c1ccc(C2=NC(c3ccccc3)(n3c(-c4ccc(-c5ccc(-c6ccc(C7(n8c(-c9ccc(-c%10ccccc%10)cc9)nc(-c9ccccc9)c8-c8ccccc8)N=C(c8ccccc8)C(c8ccccc8)=N7)cc6)cc5)cc4)nc(-c4ccccc4)c3-c3ccccc3)N=C2c2ccccc2)cc1. The molecule has 0 amide bonds. The molecule has 104 heavy (non-hydrogen) atoms. The number of aromatic nitrogens is 4. The zero-order valence-corrected chi connectivity index (χ0v) is 56.7. The summed E-state index contributed by atoms with van der Waals surface area (Å²) in [6, 6.07) is 140. The Kier molecular flexibility index (Phi) is 16.2. The van der Waals surface area contributed by atoms with Gasteiger partial charge in [-0.2, -0.15) is 0 Å². The zero-order chi connectivity index (χ0) is 69.2. The minimum atomic E-state index is -1.41. The van der Waals surface area contributed by atoms with Gasteiger partial charge in [-0.3, -0.25) is 9.13 Å². The summed E-state index contributed by atoms with van der Waals surface area (Å²) in [5, 5.41) is 0. The first-order chi connectivity index (χ1) is 51.5. The van der Waals surface area contributed by atoms with E-state index in [9.17, 15) is 0 Å². The summed E-state index contributed by atoms with van der Waals surface area (Å²) < 4.78 is 4.59. The van der Waals surface area contributed by atoms with Gasteiger partial charge in [0, 0.05) is 66.8 Å². The Labute approximate surface area is 604 Å². The monoisotopic (exact) mass is 1330 g/mol. The van der Waals surface area contributed by atoms with Gasteiger partial charge in [0.25, 0.3) is 11.6 Å². The summed E-state index contributed by atoms with van der Waals surface area (Å²) in [5.41, 5.74) is 24.5. The van der Waals surface area contributed by atoms with Gasteiger partial charge < -0.3 is 0 Å². The molecule has 0 aliphatic carbocycles. The molecule has 2 aliphatic rings. The molecule has 0 fully saturated rings. The van der Waals surface area contributed by atoms with Crippen LogP contribution in [-0.2, 0) is 11.6 Å². The van der Waals surface area contributed by atoms with Gasteiger partial charge in [-0.25, -0.2) is 29.9 Å². The van der Waals surface area contributed by atoms with Gasteiger partial charge in [-0.1, -0.05) is 400 Å². The molecule has 4 heterocycles. The lowest BCUT2D eigenvalue weighted by atomic mass is 9.97. The van der Waals surface area contributed by atoms with Gasteiger partial charge in [0.2, 0.25) is 0 Å². The maximum atomic E-state index is 6.03. The predicted molar refractivity (Wildman–Crippen MR) is 426 cm³/mol. The molecule has 8 heteroatoms. The lowest BCUT2D eigenvalue weighted by Crippen LogP contribution is -2.31. The summed E-state index contributed by atoms with van der Waals surface area (Å²) in [6.07, 6.45) is 0. The fourth-order valence-electron chi connectivity index (χ4n) is 14.6. The molecule has 2 aromatic heterocycles. The molecule has 0 bridgehead atoms. The maximum absolute atomic E-state index is 6.03. The molecule has 2 aliphatic heterocycles. The molecule has 0 saturated carbocycles. The van der Waals surface area contributed by atoms with Gasteiger partial charge in [-0.05, 0) is 33.4 Å². The first kappa shape index (κ1) is 62.4. The molecular formula is C96H66N8. The van der Waals surface area contributed by atoms with Gasteiger partial charge in [0.15, 0.2) is 0 Å². The van der Waals surface area contributed by atoms with Crippen molar-refractivity contribution in [3.63, 3.8) is 0 Å². The first-order valence-electron chi connectivity index (χ1n) is 35.2. The Morgan fingerprint density at radius 2 is 0.356 bits per heavy atom. The van der Waals surface area contributed by atoms with Crippen LogP contribution in [0.2, 0.25) is 0 Å². The fraction of sp³-hybridized carbons (Fsp3) is 0.0208. The molecular weight excluding hydrogens is 1270 g/mol. The number of hydrogen-bond acceptors (Lipinski definition) is 6. The van der Waals surface area contributed by atoms with E-state index < -0.39 is 11.6 Å². The van der Waals surface area contributed by atoms with Crippen molar-refractivity contribution in [1.82, 2.24) is 19.1 Å². The third-order valence-electron chi connectivity index (χ3n) is 19.7. The average Bonchev–Trinajstić information content (AvgIpc) is 1.55. The highest BCUT2D eigenvalue weighted by molar-refractivity contribution is 6.55. The molecule has 490 valence electrons. The number of hydrogen-bond donors (Lipinski definition) is 0. The van der Waals surface area contributed by atoms with Gasteiger partial charge in [0.1, 0.15) is 11.6 Å². The standard InChI is InChI=1S/C96H66N8/c1-11-31-67(32-12-1)68-55-59-81(60-56-68)94-98-90(78-43-23-7-24-44-78)92(80-47-27-9-28-48-80)104(94)96(101-87(75-37-17-4-18-38-75)88(102-96)76-39-19-5-20-40-76)84-65-63-72(64-66-84)70-53-51-69(52-54-70)71-57-61-82(62-58-71)93-97-89(77-41-21-6-22-42-77)91(79-45-25-8-26-46-79)103(93)95(83-49-29-10-30-50-83)99-85(73-33-13-2-14-34-73)86(100-95)74-35-15-3-16-36-74/h1-66H. The lowest BCUT2D eigenvalue weighted by molar-refractivity contribution is 0.409. The van der Waals surface area contributed by atoms with Crippen LogP contribution in [0.25, 0.3) is 101 Å². The van der Waals surface area contributed by atoms with Crippen LogP contribution in [0.3, 0.4) is 0 Å². The van der Waals surface area contributed by atoms with Crippen LogP contribution in [0.1, 0.15) is 33.4 Å². The third kappa shape index (κ3) is 11.4. The van der Waals surface area contributed by atoms with Gasteiger partial charge >= 0.3 is 0 Å². The summed E-state index contributed by atoms with van der Waals surface area (Å²) in [6.45, 7) is 0. The maximum Gasteiger partial charge on any atom is 0.261 e. The van der Waals surface area contributed by atoms with Crippen LogP contribution in [0.4, 0.5) is 0 Å². The van der Waals surface area contributed by atoms with Crippen LogP contribution in [-0.4, -0.2) is 41.9 Å². The average molecular weight is 1330 g/mol. The van der Waals surface area contributed by atoms with Crippen molar-refractivity contribution in [1.29, 1.82) is 0 Å². The zero-order valence-electron chi connectivity index (χ0n) is 56.7. The second-order valence-electron chi connectivity index (χ2n) is 26.0. The number of rotatable bonds is 17. The summed E-state index contributed by atoms with van der Waals surface area (Å²) >= 11 is 0. The quantitative estimate of drug-likeness (QED) is 0.0910. The minimum Gasteiger partial charge on any atom is -0.275 e. The second kappa shape index (κ2) is 27.0. The Hall–Kier alpha value is -13.8. The van der Waals surface area contributed by atoms with E-state index in [-0.39, 0.29) is 0 Å². The van der Waals surface area contributed by atoms with E-state index in [0.717, 1.165) is 157 Å². The Bertz CT molecular complexity index is 5740. The Morgan fingerprint density at radius 3 is 0.625 bits per heavy atom. The topological polar surface area (TPSA) is 85.1 Å². The fourth-order valence-corrected chi connectivity index (χ4v) is 14.6. The van der Waals surface area contributed by atoms with E-state index in [1.807, 2.05) is 36.4 Å². The highest BCUT2D eigenvalue weighted by Crippen LogP contribution is 2.50. The van der Waals surface area contributed by atoms with Gasteiger partial charge in [-0.15, -0.1) is 0 Å². The number of benzene rings is 14. The van der Waals surface area contributed by atoms with Crippen molar-refractivity contribution in [3.8, 4) is 101 Å². The van der Waals surface area contributed by atoms with Crippen molar-refractivity contribution >= 4 is 22.8 Å². The molecule has 0 spiro atoms. The summed E-state index contributed by atoms with van der Waals surface area (Å²) in [7, 11) is 0. The van der Waals surface area contributed by atoms with Crippen LogP contribution in [0, 0.1) is 0 Å². The van der Waals surface area contributed by atoms with Crippen LogP contribution in [0.5, 0.6) is 0 Å². The van der Waals surface area contributed by atoms with Gasteiger partial charge in [0.05, 0.1) is 45.6 Å². The first-order valence-corrected chi connectivity index (χ1v) is 35.2. The van der Waals surface area contributed by atoms with Crippen molar-refractivity contribution in [2.45, 2.75) is 11.6 Å². The molecule has 14 aromatic carbocycles. The van der Waals surface area contributed by atoms with Crippen LogP contribution >= 0.6 is 0 Å². The Morgan fingerprint density at radius 1 is 0.163 bits per heavy atom. The second-order valence-corrected chi connectivity index (χ2v) is 26.0. The van der Waals surface area contributed by atoms with E-state index in [4.69, 9.17) is 29.9 Å². The van der Waals surface area contributed by atoms with Crippen LogP contribution in [0.15, 0.2) is 420 Å². The summed E-state index contributed by atoms with van der Waals surface area (Å²) in [5.74, 6) is -1.30. The lowest BCUT2D eigenvalue weighted by Gasteiger charge is -2.30. The molecule has 18 rings (SSSR count). The van der Waals surface area contributed by atoms with Crippen LogP contribution < -0.4 is 0 Å². The molecule has 0 atom stereocenters. The van der Waals surface area contributed by atoms with E-state index in [1.54, 1.807) is 0 Å². The molecule has 0 saturated heterocycles. The van der Waals surface area contributed by atoms with Crippen molar-refractivity contribution in [3.05, 3.63) is 434 Å². The summed E-state index contributed by atoms with van der Waals surface area (Å²) in [4.78, 5) is 35.4. The Balaban J connectivity index is 0.766. The van der Waals surface area contributed by atoms with E-state index in [1.165, 1.54) is 0 Å². The van der Waals surface area contributed by atoms with E-state index in [0.29, 0.717) is 0 Å². The smallest absolute Gasteiger partial charge is 0.261 e. The highest BCUT2D eigenvalue weighted by Gasteiger charge is 2.47. The molecule has 16 aromatic rings. The molecule has 0 radical (unpaired) electrons. The number of aliphatic imine (C=N–C) groups is 4. The third-order valence-corrected chi connectivity index (χ3v) is 19.7. The van der Waals surface area contributed by atoms with Crippen molar-refractivity contribution in [2.75, 3.05) is 0 Å². The van der Waals surface area contributed by atoms with E-state index in [2.05, 4.69) is 373 Å². The molecule has 8 nitrogen and oxygen atoms in total. The molecule has 0 N–H and O–H groups in total. The number of nitrogens with zero attached hydrogens (tertiary/aromatic N) is 8. The minimum absolute atomic E-state index is 0.726. The largest absolute Gasteiger partial charge is 0.275 e. The number of imidazole rings is 2. The van der Waals surface area contributed by atoms with Crippen molar-refractivity contribution < 1.29 is 0 Å². The normalized spacial score (nSPS) is 13.6. The van der Waals surface area contributed by atoms with E-state index >= 15 is 0 Å². The molecule has 0 unspecified atom stereocenters. The predicted octanol–water partition coefficient (Wildman–Crippen LogP) is 22.4. The van der Waals surface area contributed by atoms with Crippen molar-refractivity contribution in [2.24, 2.45) is 20.0 Å².